The van der Waals surface area contributed by atoms with Crippen LogP contribution in [0.25, 0.3) is 0 Å². The minimum Gasteiger partial charge on any atom is -0.481 e. The number of unbranched alkanes of at least 4 members (excludes halogenated alkanes) is 4. The van der Waals surface area contributed by atoms with Gasteiger partial charge in [0.05, 0.1) is 0 Å². The van der Waals surface area contributed by atoms with Crippen LogP contribution in [0.3, 0.4) is 0 Å². The minimum absolute atomic E-state index is 0.0628. The molecule has 96 valence electrons. The molecular formula is C12H24O4. The van der Waals surface area contributed by atoms with Crippen molar-refractivity contribution >= 4 is 11.9 Å². The first-order valence-corrected chi connectivity index (χ1v) is 5.98. The van der Waals surface area contributed by atoms with Gasteiger partial charge in [-0.15, -0.1) is 0 Å². The second kappa shape index (κ2) is 13.9. The van der Waals surface area contributed by atoms with Gasteiger partial charge in [-0.2, -0.15) is 0 Å². The third-order valence-electron chi connectivity index (χ3n) is 1.99. The van der Waals surface area contributed by atoms with Crippen molar-refractivity contribution in [3.8, 4) is 0 Å². The van der Waals surface area contributed by atoms with Crippen molar-refractivity contribution in [3.63, 3.8) is 0 Å². The molecule has 2 N–H and O–H groups in total. The fraction of sp³-hybridized carbons (Fsp3) is 0.833. The van der Waals surface area contributed by atoms with E-state index in [1.54, 1.807) is 0 Å². The number of carboxylic acids is 2. The van der Waals surface area contributed by atoms with Crippen LogP contribution in [-0.2, 0) is 9.59 Å². The normalized spacial score (nSPS) is 9.12. The first kappa shape index (κ1) is 17.3. The summed E-state index contributed by atoms with van der Waals surface area (Å²) >= 11 is 0. The average Bonchev–Trinajstić information content (AvgIpc) is 2.22. The van der Waals surface area contributed by atoms with Crippen molar-refractivity contribution < 1.29 is 19.8 Å². The molecule has 4 heteroatoms. The van der Waals surface area contributed by atoms with Crippen molar-refractivity contribution in [2.75, 3.05) is 0 Å². The molecule has 0 unspecified atom stereocenters. The smallest absolute Gasteiger partial charge is 0.303 e. The molecule has 0 radical (unpaired) electrons. The predicted molar refractivity (Wildman–Crippen MR) is 63.6 cm³/mol. The van der Waals surface area contributed by atoms with Gasteiger partial charge in [0.25, 0.3) is 0 Å². The van der Waals surface area contributed by atoms with Gasteiger partial charge < -0.3 is 10.2 Å². The van der Waals surface area contributed by atoms with Crippen LogP contribution in [0.5, 0.6) is 0 Å². The Kier molecular flexibility index (Phi) is 15.1. The van der Waals surface area contributed by atoms with Gasteiger partial charge in [0.15, 0.2) is 0 Å². The molecule has 0 amide bonds. The summed E-state index contributed by atoms with van der Waals surface area (Å²) in [6.07, 6.45) is 6.55. The molecule has 0 aromatic heterocycles. The molecule has 4 nitrogen and oxygen atoms in total. The molecule has 0 aliphatic carbocycles. The predicted octanol–water partition coefficient (Wildman–Crippen LogP) is 3.30. The van der Waals surface area contributed by atoms with E-state index in [9.17, 15) is 9.59 Å². The molecule has 0 bridgehead atoms. The van der Waals surface area contributed by atoms with Gasteiger partial charge in [0.2, 0.25) is 0 Å². The van der Waals surface area contributed by atoms with Gasteiger partial charge >= 0.3 is 11.9 Å². The number of carboxylic acid groups (broad SMARTS) is 2. The van der Waals surface area contributed by atoms with Crippen molar-refractivity contribution in [1.82, 2.24) is 0 Å². The molecule has 0 aliphatic rings. The summed E-state index contributed by atoms with van der Waals surface area (Å²) in [5.41, 5.74) is 0. The minimum atomic E-state index is -0.870. The Balaban J connectivity index is 0. The summed E-state index contributed by atoms with van der Waals surface area (Å²) < 4.78 is 0. The molecule has 16 heavy (non-hydrogen) atoms. The van der Waals surface area contributed by atoms with Gasteiger partial charge in [0, 0.05) is 12.8 Å². The second-order valence-electron chi connectivity index (χ2n) is 3.70. The Morgan fingerprint density at radius 1 is 0.750 bits per heavy atom. The Hall–Kier alpha value is -1.06. The number of rotatable bonds is 8. The average molecular weight is 232 g/mol. The molecular weight excluding hydrogens is 208 g/mol. The maximum absolute atomic E-state index is 9.90. The molecule has 0 saturated heterocycles. The number of aliphatic carboxylic acids is 2. The van der Waals surface area contributed by atoms with E-state index < -0.39 is 11.9 Å². The number of carbonyl (C=O) groups is 2. The van der Waals surface area contributed by atoms with Crippen LogP contribution in [0, 0.1) is 0 Å². The van der Waals surface area contributed by atoms with Crippen LogP contribution in [0.15, 0.2) is 0 Å². The molecule has 0 rings (SSSR count). The van der Waals surface area contributed by atoms with Crippen molar-refractivity contribution in [3.05, 3.63) is 0 Å². The lowest BCUT2D eigenvalue weighted by Crippen LogP contribution is -1.97. The summed E-state index contributed by atoms with van der Waals surface area (Å²) in [5, 5.41) is 16.3. The van der Waals surface area contributed by atoms with E-state index in [0.717, 1.165) is 0 Å². The van der Waals surface area contributed by atoms with Gasteiger partial charge in [-0.3, -0.25) is 9.59 Å². The molecule has 0 fully saturated rings. The van der Waals surface area contributed by atoms with Crippen molar-refractivity contribution in [2.45, 2.75) is 65.2 Å². The van der Waals surface area contributed by atoms with E-state index in [4.69, 9.17) is 10.2 Å². The molecule has 0 aromatic carbocycles. The molecule has 0 atom stereocenters. The number of hydrogen-bond acceptors (Lipinski definition) is 2. The third kappa shape index (κ3) is 23.1. The molecule has 0 saturated carbocycles. The van der Waals surface area contributed by atoms with Crippen LogP contribution >= 0.6 is 0 Å². The molecule has 0 aliphatic heterocycles. The zero-order chi connectivity index (χ0) is 12.8. The Morgan fingerprint density at radius 3 is 1.25 bits per heavy atom. The van der Waals surface area contributed by atoms with Crippen LogP contribution in [0.2, 0.25) is 0 Å². The van der Waals surface area contributed by atoms with Crippen LogP contribution in [0.4, 0.5) is 0 Å². The second-order valence-corrected chi connectivity index (χ2v) is 3.70. The Labute approximate surface area is 97.7 Å². The first-order valence-electron chi connectivity index (χ1n) is 5.98. The summed E-state index contributed by atoms with van der Waals surface area (Å²) in [6, 6.07) is 0. The highest BCUT2D eigenvalue weighted by Crippen LogP contribution is 1.98. The number of hydrogen-bond donors (Lipinski definition) is 2. The lowest BCUT2D eigenvalue weighted by atomic mass is 10.2. The summed E-state index contributed by atoms with van der Waals surface area (Å²) in [5.74, 6) is -1.74. The fourth-order valence-corrected chi connectivity index (χ4v) is 1.05. The summed E-state index contributed by atoms with van der Waals surface area (Å²) in [6.45, 7) is 4.46. The highest BCUT2D eigenvalue weighted by molar-refractivity contribution is 5.67. The zero-order valence-electron chi connectivity index (χ0n) is 10.4. The van der Waals surface area contributed by atoms with E-state index in [0.29, 0.717) is 12.8 Å². The maximum atomic E-state index is 9.90. The van der Waals surface area contributed by atoms with Crippen LogP contribution in [-0.4, -0.2) is 22.2 Å². The van der Waals surface area contributed by atoms with Crippen molar-refractivity contribution in [1.29, 1.82) is 0 Å². The SMILES string of the molecule is CCCCCC.O=C(O)CCCCC(=O)O. The van der Waals surface area contributed by atoms with E-state index in [1.807, 2.05) is 0 Å². The van der Waals surface area contributed by atoms with E-state index in [1.165, 1.54) is 25.7 Å². The highest BCUT2D eigenvalue weighted by atomic mass is 16.4. The largest absolute Gasteiger partial charge is 0.481 e. The fourth-order valence-electron chi connectivity index (χ4n) is 1.05. The van der Waals surface area contributed by atoms with Gasteiger partial charge in [-0.05, 0) is 12.8 Å². The van der Waals surface area contributed by atoms with Crippen molar-refractivity contribution in [2.24, 2.45) is 0 Å². The summed E-state index contributed by atoms with van der Waals surface area (Å²) in [4.78, 5) is 19.8. The Morgan fingerprint density at radius 2 is 1.06 bits per heavy atom. The quantitative estimate of drug-likeness (QED) is 0.630. The van der Waals surface area contributed by atoms with E-state index in [2.05, 4.69) is 13.8 Å². The zero-order valence-corrected chi connectivity index (χ0v) is 10.4. The van der Waals surface area contributed by atoms with Crippen LogP contribution < -0.4 is 0 Å². The van der Waals surface area contributed by atoms with E-state index in [-0.39, 0.29) is 12.8 Å². The Bertz CT molecular complexity index is 158. The highest BCUT2D eigenvalue weighted by Gasteiger charge is 1.99. The van der Waals surface area contributed by atoms with E-state index >= 15 is 0 Å². The van der Waals surface area contributed by atoms with Crippen LogP contribution in [0.1, 0.15) is 65.2 Å². The van der Waals surface area contributed by atoms with Gasteiger partial charge in [0.1, 0.15) is 0 Å². The first-order chi connectivity index (χ1) is 7.54. The lowest BCUT2D eigenvalue weighted by Gasteiger charge is -1.92. The molecule has 0 heterocycles. The van der Waals surface area contributed by atoms with Gasteiger partial charge in [-0.25, -0.2) is 0 Å². The van der Waals surface area contributed by atoms with Gasteiger partial charge in [-0.1, -0.05) is 39.5 Å². The standard InChI is InChI=1S/C6H10O4.C6H14/c7-5(8)3-1-2-4-6(9)10;1-3-5-6-4-2/h1-4H2,(H,7,8)(H,9,10);3-6H2,1-2H3. The lowest BCUT2D eigenvalue weighted by molar-refractivity contribution is -0.139. The molecule has 0 aromatic rings. The molecule has 0 spiro atoms. The topological polar surface area (TPSA) is 74.6 Å². The monoisotopic (exact) mass is 232 g/mol. The summed E-state index contributed by atoms with van der Waals surface area (Å²) in [7, 11) is 0. The third-order valence-corrected chi connectivity index (χ3v) is 1.99. The maximum Gasteiger partial charge on any atom is 0.303 e.